The van der Waals surface area contributed by atoms with Gasteiger partial charge in [0, 0.05) is 28.7 Å². The number of hydrogen-bond donors (Lipinski definition) is 1. The molecular formula is C41H61NO. The fraction of sp³-hybridized carbons (Fsp3) is 0.561. The first-order chi connectivity index (χ1) is 19.4. The number of nitrogen functional groups attached to an aromatic ring is 1. The van der Waals surface area contributed by atoms with E-state index in [2.05, 4.69) is 147 Å². The molecule has 0 unspecified atom stereocenters. The first-order valence-corrected chi connectivity index (χ1v) is 16.2. The monoisotopic (exact) mass is 583 g/mol. The predicted molar refractivity (Wildman–Crippen MR) is 190 cm³/mol. The summed E-state index contributed by atoms with van der Waals surface area (Å²) in [7, 11) is 1.80. The fourth-order valence-corrected chi connectivity index (χ4v) is 6.71. The van der Waals surface area contributed by atoms with Crippen LogP contribution in [0.4, 0.5) is 5.69 Å². The molecule has 3 aromatic carbocycles. The van der Waals surface area contributed by atoms with E-state index >= 15 is 0 Å². The molecule has 0 aromatic heterocycles. The maximum Gasteiger partial charge on any atom is 0.126 e. The van der Waals surface area contributed by atoms with Crippen molar-refractivity contribution in [3.63, 3.8) is 0 Å². The summed E-state index contributed by atoms with van der Waals surface area (Å²) in [5.41, 5.74) is 21.1. The minimum Gasteiger partial charge on any atom is -0.496 e. The van der Waals surface area contributed by atoms with Crippen LogP contribution in [-0.2, 0) is 21.7 Å². The Hall–Kier alpha value is -2.74. The van der Waals surface area contributed by atoms with E-state index in [1.807, 2.05) is 0 Å². The smallest absolute Gasteiger partial charge is 0.126 e. The van der Waals surface area contributed by atoms with Gasteiger partial charge in [-0.1, -0.05) is 139 Å². The molecule has 2 atom stereocenters. The Bertz CT molecular complexity index is 1410. The SMILES string of the molecule is COc1c(C(C)(C)C)cc([C@@H](C)c2cc(C)cc([C@H](C)c3cc(C(C)(C)C)c(C)c(C(C)(C)C)c3)c2N)cc1C(C)(C)C. The second-order valence-corrected chi connectivity index (χ2v) is 17.2. The molecule has 2 nitrogen and oxygen atoms in total. The van der Waals surface area contributed by atoms with Crippen molar-refractivity contribution in [1.82, 2.24) is 0 Å². The number of nitrogens with two attached hydrogens (primary N) is 1. The molecule has 0 fully saturated rings. The molecule has 0 bridgehead atoms. The summed E-state index contributed by atoms with van der Waals surface area (Å²) in [6.45, 7) is 36.7. The van der Waals surface area contributed by atoms with E-state index in [9.17, 15) is 0 Å². The van der Waals surface area contributed by atoms with Crippen LogP contribution >= 0.6 is 0 Å². The molecular weight excluding hydrogens is 522 g/mol. The van der Waals surface area contributed by atoms with E-state index in [1.54, 1.807) is 7.11 Å². The van der Waals surface area contributed by atoms with E-state index < -0.39 is 0 Å². The van der Waals surface area contributed by atoms with Crippen LogP contribution < -0.4 is 10.5 Å². The lowest BCUT2D eigenvalue weighted by molar-refractivity contribution is 0.381. The Kier molecular flexibility index (Phi) is 9.41. The molecule has 3 rings (SSSR count). The number of rotatable bonds is 5. The number of aryl methyl sites for hydroxylation is 1. The molecule has 0 aliphatic carbocycles. The summed E-state index contributed by atoms with van der Waals surface area (Å²) in [6, 6.07) is 14.2. The minimum atomic E-state index is -0.0557. The second kappa shape index (κ2) is 11.6. The van der Waals surface area contributed by atoms with Gasteiger partial charge in [-0.15, -0.1) is 0 Å². The van der Waals surface area contributed by atoms with E-state index in [0.29, 0.717) is 0 Å². The van der Waals surface area contributed by atoms with Gasteiger partial charge in [0.25, 0.3) is 0 Å². The topological polar surface area (TPSA) is 35.2 Å². The highest BCUT2D eigenvalue weighted by Gasteiger charge is 2.30. The van der Waals surface area contributed by atoms with Crippen molar-refractivity contribution in [2.24, 2.45) is 0 Å². The summed E-state index contributed by atoms with van der Waals surface area (Å²) in [6.07, 6.45) is 0. The molecule has 43 heavy (non-hydrogen) atoms. The zero-order chi connectivity index (χ0) is 33.0. The predicted octanol–water partition coefficient (Wildman–Crippen LogP) is 11.4. The lowest BCUT2D eigenvalue weighted by atomic mass is 9.73. The van der Waals surface area contributed by atoms with Crippen LogP contribution in [0.2, 0.25) is 0 Å². The first kappa shape index (κ1) is 34.7. The normalized spacial score (nSPS) is 14.5. The second-order valence-electron chi connectivity index (χ2n) is 17.2. The molecule has 0 saturated heterocycles. The molecule has 0 spiro atoms. The summed E-state index contributed by atoms with van der Waals surface area (Å²) < 4.78 is 6.06. The number of benzene rings is 3. The average molecular weight is 584 g/mol. The van der Waals surface area contributed by atoms with Crippen LogP contribution in [0, 0.1) is 13.8 Å². The Morgan fingerprint density at radius 3 is 1.12 bits per heavy atom. The molecule has 2 heteroatoms. The van der Waals surface area contributed by atoms with E-state index in [4.69, 9.17) is 10.5 Å². The third-order valence-electron chi connectivity index (χ3n) is 9.30. The van der Waals surface area contributed by atoms with Crippen molar-refractivity contribution in [3.05, 3.63) is 92.0 Å². The van der Waals surface area contributed by atoms with Gasteiger partial charge in [0.15, 0.2) is 0 Å². The van der Waals surface area contributed by atoms with E-state index in [0.717, 1.165) is 11.4 Å². The molecule has 236 valence electrons. The number of hydrogen-bond acceptors (Lipinski definition) is 2. The zero-order valence-electron chi connectivity index (χ0n) is 30.6. The molecule has 0 aliphatic heterocycles. The maximum absolute atomic E-state index is 7.19. The van der Waals surface area contributed by atoms with Crippen molar-refractivity contribution in [1.29, 1.82) is 0 Å². The van der Waals surface area contributed by atoms with Gasteiger partial charge in [0.2, 0.25) is 0 Å². The van der Waals surface area contributed by atoms with Gasteiger partial charge in [-0.25, -0.2) is 0 Å². The summed E-state index contributed by atoms with van der Waals surface area (Å²) in [5, 5.41) is 0. The largest absolute Gasteiger partial charge is 0.496 e. The van der Waals surface area contributed by atoms with Gasteiger partial charge in [-0.3, -0.25) is 0 Å². The van der Waals surface area contributed by atoms with Crippen LogP contribution in [0.15, 0.2) is 36.4 Å². The fourth-order valence-electron chi connectivity index (χ4n) is 6.71. The Labute approximate surface area is 264 Å². The zero-order valence-corrected chi connectivity index (χ0v) is 30.6. The Balaban J connectivity index is 2.27. The van der Waals surface area contributed by atoms with Crippen LogP contribution in [0.3, 0.4) is 0 Å². The van der Waals surface area contributed by atoms with Crippen molar-refractivity contribution in [2.45, 2.75) is 144 Å². The maximum atomic E-state index is 7.19. The van der Waals surface area contributed by atoms with Gasteiger partial charge in [-0.05, 0) is 74.5 Å². The average Bonchev–Trinajstić information content (AvgIpc) is 2.85. The highest BCUT2D eigenvalue weighted by molar-refractivity contribution is 5.63. The van der Waals surface area contributed by atoms with Gasteiger partial charge in [0.1, 0.15) is 5.75 Å². The van der Waals surface area contributed by atoms with Gasteiger partial charge in [-0.2, -0.15) is 0 Å². The lowest BCUT2D eigenvalue weighted by Gasteiger charge is -2.32. The molecule has 0 heterocycles. The van der Waals surface area contributed by atoms with Crippen LogP contribution in [0.5, 0.6) is 5.75 Å². The first-order valence-electron chi connectivity index (χ1n) is 16.2. The van der Waals surface area contributed by atoms with Crippen LogP contribution in [0.25, 0.3) is 0 Å². The number of methoxy groups -OCH3 is 1. The van der Waals surface area contributed by atoms with Crippen LogP contribution in [-0.4, -0.2) is 7.11 Å². The van der Waals surface area contributed by atoms with Crippen molar-refractivity contribution >= 4 is 5.69 Å². The van der Waals surface area contributed by atoms with E-state index in [1.165, 1.54) is 55.6 Å². The van der Waals surface area contributed by atoms with Crippen LogP contribution in [0.1, 0.15) is 164 Å². The molecule has 0 aliphatic rings. The number of ether oxygens (including phenoxy) is 1. The molecule has 0 amide bonds. The third-order valence-corrected chi connectivity index (χ3v) is 9.30. The summed E-state index contributed by atoms with van der Waals surface area (Å²) in [4.78, 5) is 0. The number of anilines is 1. The molecule has 0 saturated carbocycles. The van der Waals surface area contributed by atoms with Crippen molar-refractivity contribution < 1.29 is 4.74 Å². The highest BCUT2D eigenvalue weighted by Crippen LogP contribution is 2.45. The van der Waals surface area contributed by atoms with Gasteiger partial charge >= 0.3 is 0 Å². The van der Waals surface area contributed by atoms with Gasteiger partial charge in [0.05, 0.1) is 7.11 Å². The third kappa shape index (κ3) is 7.16. The minimum absolute atomic E-state index is 0.0557. The summed E-state index contributed by atoms with van der Waals surface area (Å²) >= 11 is 0. The lowest BCUT2D eigenvalue weighted by Crippen LogP contribution is -2.21. The molecule has 0 radical (unpaired) electrons. The molecule has 3 aromatic rings. The van der Waals surface area contributed by atoms with Crippen molar-refractivity contribution in [3.8, 4) is 5.75 Å². The Morgan fingerprint density at radius 2 is 0.837 bits per heavy atom. The molecule has 2 N–H and O–H groups in total. The van der Waals surface area contributed by atoms with Crippen molar-refractivity contribution in [2.75, 3.05) is 12.8 Å². The quantitative estimate of drug-likeness (QED) is 0.303. The van der Waals surface area contributed by atoms with Gasteiger partial charge < -0.3 is 10.5 Å². The van der Waals surface area contributed by atoms with E-state index in [-0.39, 0.29) is 33.5 Å². The Morgan fingerprint density at radius 1 is 0.535 bits per heavy atom. The standard InChI is InChI=1S/C41H61NO/c1-24-18-30(25(2)28-20-32(38(5,6)7)27(4)33(21-28)39(8,9)10)36(42)31(19-24)26(3)29-22-34(40(11,12)13)37(43-17)35(23-29)41(14,15)16/h18-23,25-26H,42H2,1-17H3/t25-,26-/m1/s1. The summed E-state index contributed by atoms with van der Waals surface area (Å²) in [5.74, 6) is 1.30. The highest BCUT2D eigenvalue weighted by atomic mass is 16.5.